The third-order valence-electron chi connectivity index (χ3n) is 3.99. The van der Waals surface area contributed by atoms with E-state index in [-0.39, 0.29) is 24.9 Å². The van der Waals surface area contributed by atoms with Gasteiger partial charge in [0.2, 0.25) is 11.8 Å². The van der Waals surface area contributed by atoms with E-state index in [1.54, 1.807) is 41.1 Å². The topological polar surface area (TPSA) is 52.7 Å². The Bertz CT molecular complexity index is 779. The van der Waals surface area contributed by atoms with Gasteiger partial charge in [0.15, 0.2) is 0 Å². The van der Waals surface area contributed by atoms with Crippen molar-refractivity contribution < 1.29 is 9.59 Å². The number of para-hydroxylation sites is 2. The minimum atomic E-state index is -0.215. The molecule has 2 aromatic carbocycles. The van der Waals surface area contributed by atoms with Crippen LogP contribution >= 0.6 is 11.6 Å². The summed E-state index contributed by atoms with van der Waals surface area (Å²) in [6.07, 6.45) is 0. The lowest BCUT2D eigenvalue weighted by Crippen LogP contribution is -2.41. The fourth-order valence-electron chi connectivity index (χ4n) is 2.72. The minimum Gasteiger partial charge on any atom is -0.324 e. The summed E-state index contributed by atoms with van der Waals surface area (Å²) in [5.41, 5.74) is 2.50. The molecule has 26 heavy (non-hydrogen) atoms. The molecule has 0 atom stereocenters. The third-order valence-corrected chi connectivity index (χ3v) is 4.32. The van der Waals surface area contributed by atoms with E-state index in [0.717, 1.165) is 11.3 Å². The zero-order chi connectivity index (χ0) is 19.1. The first-order valence-electron chi connectivity index (χ1n) is 8.51. The van der Waals surface area contributed by atoms with Crippen LogP contribution in [0.3, 0.4) is 0 Å². The van der Waals surface area contributed by atoms with Crippen LogP contribution < -0.4 is 10.2 Å². The smallest absolute Gasteiger partial charge is 0.241 e. The Morgan fingerprint density at radius 2 is 1.69 bits per heavy atom. The van der Waals surface area contributed by atoms with Crippen LogP contribution in [0, 0.1) is 6.92 Å². The Morgan fingerprint density at radius 3 is 2.35 bits per heavy atom. The van der Waals surface area contributed by atoms with Crippen LogP contribution in [0.2, 0.25) is 5.02 Å². The summed E-state index contributed by atoms with van der Waals surface area (Å²) in [4.78, 5) is 28.3. The number of halogens is 1. The van der Waals surface area contributed by atoms with Crippen molar-refractivity contribution in [3.8, 4) is 0 Å². The van der Waals surface area contributed by atoms with Gasteiger partial charge in [-0.2, -0.15) is 0 Å². The average Bonchev–Trinajstić information content (AvgIpc) is 2.59. The van der Waals surface area contributed by atoms with E-state index in [1.165, 1.54) is 0 Å². The van der Waals surface area contributed by atoms with Gasteiger partial charge in [-0.1, -0.05) is 41.9 Å². The van der Waals surface area contributed by atoms with Gasteiger partial charge in [-0.15, -0.1) is 0 Å². The Morgan fingerprint density at radius 1 is 1.04 bits per heavy atom. The van der Waals surface area contributed by atoms with Crippen LogP contribution in [0.1, 0.15) is 12.5 Å². The van der Waals surface area contributed by atoms with Crippen molar-refractivity contribution in [2.24, 2.45) is 0 Å². The van der Waals surface area contributed by atoms with Gasteiger partial charge in [0.25, 0.3) is 0 Å². The molecule has 0 radical (unpaired) electrons. The Labute approximate surface area is 159 Å². The van der Waals surface area contributed by atoms with Gasteiger partial charge in [-0.3, -0.25) is 14.5 Å². The molecule has 0 aliphatic carbocycles. The van der Waals surface area contributed by atoms with Crippen LogP contribution in [0.25, 0.3) is 0 Å². The van der Waals surface area contributed by atoms with Crippen molar-refractivity contribution in [3.05, 3.63) is 59.1 Å². The van der Waals surface area contributed by atoms with Crippen LogP contribution in [-0.4, -0.2) is 43.4 Å². The summed E-state index contributed by atoms with van der Waals surface area (Å²) < 4.78 is 0. The van der Waals surface area contributed by atoms with Crippen molar-refractivity contribution in [2.45, 2.75) is 13.8 Å². The molecule has 0 aliphatic rings. The van der Waals surface area contributed by atoms with Crippen LogP contribution in [0.5, 0.6) is 0 Å². The monoisotopic (exact) mass is 373 g/mol. The van der Waals surface area contributed by atoms with Crippen LogP contribution in [0.4, 0.5) is 11.4 Å². The summed E-state index contributed by atoms with van der Waals surface area (Å²) in [7, 11) is 1.75. The number of anilines is 2. The van der Waals surface area contributed by atoms with E-state index in [4.69, 9.17) is 11.6 Å². The van der Waals surface area contributed by atoms with Gasteiger partial charge in [-0.25, -0.2) is 0 Å². The Hall–Kier alpha value is -2.37. The SMILES string of the molecule is CCN(C(=O)CN(C)CC(=O)Nc1ccccc1Cl)c1ccccc1C. The molecule has 138 valence electrons. The van der Waals surface area contributed by atoms with E-state index in [1.807, 2.05) is 38.1 Å². The van der Waals surface area contributed by atoms with Gasteiger partial charge in [-0.05, 0) is 44.7 Å². The van der Waals surface area contributed by atoms with Gasteiger partial charge in [0.05, 0.1) is 23.8 Å². The predicted octanol–water partition coefficient (Wildman–Crippen LogP) is 3.57. The molecular weight excluding hydrogens is 350 g/mol. The molecule has 6 heteroatoms. The molecule has 0 aromatic heterocycles. The lowest BCUT2D eigenvalue weighted by atomic mass is 10.2. The first-order valence-corrected chi connectivity index (χ1v) is 8.89. The Kier molecular flexibility index (Phi) is 7.18. The lowest BCUT2D eigenvalue weighted by Gasteiger charge is -2.25. The zero-order valence-electron chi connectivity index (χ0n) is 15.3. The molecule has 5 nitrogen and oxygen atoms in total. The molecule has 0 aliphatic heterocycles. The molecule has 0 saturated carbocycles. The number of hydrogen-bond acceptors (Lipinski definition) is 3. The predicted molar refractivity (Wildman–Crippen MR) is 107 cm³/mol. The average molecular weight is 374 g/mol. The molecule has 0 fully saturated rings. The first kappa shape index (κ1) is 19.9. The van der Waals surface area contributed by atoms with E-state index in [0.29, 0.717) is 17.3 Å². The second-order valence-corrected chi connectivity index (χ2v) is 6.53. The maximum absolute atomic E-state index is 12.7. The second-order valence-electron chi connectivity index (χ2n) is 6.12. The first-order chi connectivity index (χ1) is 12.4. The van der Waals surface area contributed by atoms with Crippen molar-refractivity contribution >= 4 is 34.8 Å². The largest absolute Gasteiger partial charge is 0.324 e. The minimum absolute atomic E-state index is 0.0464. The summed E-state index contributed by atoms with van der Waals surface area (Å²) >= 11 is 6.04. The number of nitrogens with one attached hydrogen (secondary N) is 1. The van der Waals surface area contributed by atoms with Crippen molar-refractivity contribution in [1.82, 2.24) is 4.90 Å². The lowest BCUT2D eigenvalue weighted by molar-refractivity contribution is -0.121. The van der Waals surface area contributed by atoms with Gasteiger partial charge < -0.3 is 10.2 Å². The molecule has 0 unspecified atom stereocenters. The number of nitrogens with zero attached hydrogens (tertiary/aromatic N) is 2. The molecule has 0 spiro atoms. The molecular formula is C20H24ClN3O2. The number of likely N-dealkylation sites (N-methyl/N-ethyl adjacent to an activating group) is 2. The van der Waals surface area contributed by atoms with Gasteiger partial charge in [0.1, 0.15) is 0 Å². The number of hydrogen-bond donors (Lipinski definition) is 1. The number of rotatable bonds is 7. The number of aryl methyl sites for hydroxylation is 1. The van der Waals surface area contributed by atoms with Crippen molar-refractivity contribution in [1.29, 1.82) is 0 Å². The molecule has 0 bridgehead atoms. The summed E-state index contributed by atoms with van der Waals surface area (Å²) in [6.45, 7) is 4.74. The fraction of sp³-hybridized carbons (Fsp3) is 0.300. The van der Waals surface area contributed by atoms with Crippen LogP contribution in [0.15, 0.2) is 48.5 Å². The summed E-state index contributed by atoms with van der Waals surface area (Å²) in [6, 6.07) is 14.8. The maximum Gasteiger partial charge on any atom is 0.241 e. The van der Waals surface area contributed by atoms with Crippen LogP contribution in [-0.2, 0) is 9.59 Å². The molecule has 0 saturated heterocycles. The quantitative estimate of drug-likeness (QED) is 0.807. The molecule has 2 aromatic rings. The maximum atomic E-state index is 12.7. The standard InChI is InChI=1S/C20H24ClN3O2/c1-4-24(18-12-8-5-9-15(18)2)20(26)14-23(3)13-19(25)22-17-11-7-6-10-16(17)21/h5-12H,4,13-14H2,1-3H3,(H,22,25). The van der Waals surface area contributed by atoms with E-state index >= 15 is 0 Å². The van der Waals surface area contributed by atoms with Crippen molar-refractivity contribution in [3.63, 3.8) is 0 Å². The molecule has 1 N–H and O–H groups in total. The van der Waals surface area contributed by atoms with Gasteiger partial charge >= 0.3 is 0 Å². The number of carbonyl (C=O) groups is 2. The number of benzene rings is 2. The fourth-order valence-corrected chi connectivity index (χ4v) is 2.90. The second kappa shape index (κ2) is 9.36. The highest BCUT2D eigenvalue weighted by molar-refractivity contribution is 6.33. The van der Waals surface area contributed by atoms with Crippen molar-refractivity contribution in [2.75, 3.05) is 36.9 Å². The number of amides is 2. The number of carbonyl (C=O) groups excluding carboxylic acids is 2. The van der Waals surface area contributed by atoms with E-state index in [9.17, 15) is 9.59 Å². The van der Waals surface area contributed by atoms with E-state index in [2.05, 4.69) is 5.32 Å². The third kappa shape index (κ3) is 5.31. The normalized spacial score (nSPS) is 10.7. The highest BCUT2D eigenvalue weighted by Gasteiger charge is 2.18. The summed E-state index contributed by atoms with van der Waals surface area (Å²) in [5, 5.41) is 3.24. The Balaban J connectivity index is 1.94. The van der Waals surface area contributed by atoms with Gasteiger partial charge in [0, 0.05) is 12.2 Å². The highest BCUT2D eigenvalue weighted by atomic mass is 35.5. The molecule has 0 heterocycles. The molecule has 2 amide bonds. The van der Waals surface area contributed by atoms with E-state index < -0.39 is 0 Å². The molecule has 2 rings (SSSR count). The zero-order valence-corrected chi connectivity index (χ0v) is 16.1. The summed E-state index contributed by atoms with van der Waals surface area (Å²) in [5.74, 6) is -0.262. The highest BCUT2D eigenvalue weighted by Crippen LogP contribution is 2.21.